The molecule has 12 nitrogen and oxygen atoms in total. The van der Waals surface area contributed by atoms with Gasteiger partial charge in [-0.25, -0.2) is 9.59 Å². The third-order valence-corrected chi connectivity index (χ3v) is 9.48. The van der Waals surface area contributed by atoms with Crippen molar-refractivity contribution in [1.29, 1.82) is 0 Å². The molecule has 0 aliphatic heterocycles. The number of benzene rings is 4. The first kappa shape index (κ1) is 50.4. The molecule has 4 atom stereocenters. The van der Waals surface area contributed by atoms with E-state index in [1.165, 1.54) is 23.3 Å². The number of carbonyl (C=O) groups excluding carboxylic acids is 2. The molecule has 2 unspecified atom stereocenters. The van der Waals surface area contributed by atoms with Gasteiger partial charge >= 0.3 is 18.1 Å². The summed E-state index contributed by atoms with van der Waals surface area (Å²) in [6, 6.07) is 27.0. The molecule has 15 heteroatoms. The Bertz CT molecular complexity index is 1970. The Morgan fingerprint density at radius 3 is 1.21 bits per heavy atom. The van der Waals surface area contributed by atoms with Crippen molar-refractivity contribution < 1.29 is 61.5 Å². The van der Waals surface area contributed by atoms with Crippen LogP contribution in [0.2, 0.25) is 0 Å². The predicted octanol–water partition coefficient (Wildman–Crippen LogP) is 7.27. The van der Waals surface area contributed by atoms with Crippen molar-refractivity contribution in [2.75, 3.05) is 26.3 Å². The van der Waals surface area contributed by atoms with E-state index >= 15 is 0 Å². The van der Waals surface area contributed by atoms with E-state index in [2.05, 4.69) is 41.8 Å². The molecule has 0 aromatic heterocycles. The van der Waals surface area contributed by atoms with Crippen LogP contribution in [0, 0.1) is 0 Å². The summed E-state index contributed by atoms with van der Waals surface area (Å²) in [6.07, 6.45) is -4.94. The second kappa shape index (κ2) is 25.8. The number of halogens is 3. The van der Waals surface area contributed by atoms with Crippen LogP contribution in [-0.4, -0.2) is 84.7 Å². The van der Waals surface area contributed by atoms with Crippen molar-refractivity contribution in [3.63, 3.8) is 0 Å². The van der Waals surface area contributed by atoms with Crippen LogP contribution in [0.3, 0.4) is 0 Å². The Morgan fingerprint density at radius 2 is 0.887 bits per heavy atom. The summed E-state index contributed by atoms with van der Waals surface area (Å²) in [6.45, 7) is 10.3. The van der Waals surface area contributed by atoms with Gasteiger partial charge in [-0.1, -0.05) is 67.6 Å². The van der Waals surface area contributed by atoms with Crippen molar-refractivity contribution in [2.45, 2.75) is 97.3 Å². The number of alkyl halides is 3. The zero-order valence-electron chi connectivity index (χ0n) is 35.7. The lowest BCUT2D eigenvalue weighted by Gasteiger charge is -2.16. The van der Waals surface area contributed by atoms with Crippen LogP contribution in [0.25, 0.3) is 0 Å². The zero-order chi connectivity index (χ0) is 45.7. The van der Waals surface area contributed by atoms with E-state index in [1.807, 2.05) is 0 Å². The van der Waals surface area contributed by atoms with Gasteiger partial charge in [0.05, 0.1) is 5.56 Å². The first-order valence-electron chi connectivity index (χ1n) is 20.5. The molecule has 0 heterocycles. The van der Waals surface area contributed by atoms with E-state index < -0.39 is 48.1 Å². The maximum Gasteiger partial charge on any atom is 0.416 e. The molecular formula is C47H57F3N2O10. The minimum absolute atomic E-state index is 0.174. The number of ether oxygens (including phenoxy) is 4. The van der Waals surface area contributed by atoms with Crippen molar-refractivity contribution in [3.05, 3.63) is 130 Å². The van der Waals surface area contributed by atoms with Crippen LogP contribution in [0.15, 0.2) is 97.1 Å². The van der Waals surface area contributed by atoms with Gasteiger partial charge in [0.1, 0.15) is 11.5 Å². The van der Waals surface area contributed by atoms with E-state index in [0.717, 1.165) is 36.1 Å². The highest BCUT2D eigenvalue weighted by atomic mass is 19.4. The molecular weight excluding hydrogens is 810 g/mol. The number of amides is 2. The van der Waals surface area contributed by atoms with E-state index in [9.17, 15) is 37.5 Å². The fraction of sp³-hybridized carbons (Fsp3) is 0.404. The van der Waals surface area contributed by atoms with Gasteiger partial charge in [-0.15, -0.1) is 0 Å². The molecule has 0 spiro atoms. The molecule has 0 saturated heterocycles. The van der Waals surface area contributed by atoms with Gasteiger partial charge in [0, 0.05) is 39.1 Å². The van der Waals surface area contributed by atoms with Gasteiger partial charge in [0.25, 0.3) is 11.8 Å². The predicted molar refractivity (Wildman–Crippen MR) is 227 cm³/mol. The summed E-state index contributed by atoms with van der Waals surface area (Å²) < 4.78 is 59.5. The van der Waals surface area contributed by atoms with Gasteiger partial charge in [0.15, 0.2) is 24.4 Å². The Hall–Kier alpha value is -5.93. The lowest BCUT2D eigenvalue weighted by molar-refractivity contribution is -0.150. The first-order valence-corrected chi connectivity index (χ1v) is 20.5. The fourth-order valence-corrected chi connectivity index (χ4v) is 5.94. The monoisotopic (exact) mass is 866 g/mol. The number of carbonyl (C=O) groups is 4. The normalized spacial score (nSPS) is 13.0. The van der Waals surface area contributed by atoms with Crippen molar-refractivity contribution in [1.82, 2.24) is 10.6 Å². The summed E-state index contributed by atoms with van der Waals surface area (Å²) in [5.74, 6) is -1.55. The zero-order valence-corrected chi connectivity index (χ0v) is 35.7. The SMILES string of the molecule is CCOC(Cc1ccc(OC(C)C(=O)NCCc2ccc(C(F)(F)F)cc2)cc1)C(=O)O.CCO[C@@H](Cc1ccc(O[C@H](C)C(=O)NCCc2ccc(CC)cc2)cc1)C(=O)O. The minimum atomic E-state index is -4.38. The number of rotatable bonds is 23. The van der Waals surface area contributed by atoms with Crippen LogP contribution in [0.4, 0.5) is 13.2 Å². The second-order valence-corrected chi connectivity index (χ2v) is 14.2. The van der Waals surface area contributed by atoms with Gasteiger partial charge in [-0.05, 0) is 111 Å². The van der Waals surface area contributed by atoms with Crippen LogP contribution in [0.1, 0.15) is 68.0 Å². The summed E-state index contributed by atoms with van der Waals surface area (Å²) >= 11 is 0. The van der Waals surface area contributed by atoms with Crippen molar-refractivity contribution >= 4 is 23.8 Å². The molecule has 4 N–H and O–H groups in total. The molecule has 0 aliphatic rings. The van der Waals surface area contributed by atoms with Crippen LogP contribution >= 0.6 is 0 Å². The Balaban J connectivity index is 0.000000331. The quantitative estimate of drug-likeness (QED) is 0.0595. The number of hydrogen-bond donors (Lipinski definition) is 4. The molecule has 0 radical (unpaired) electrons. The van der Waals surface area contributed by atoms with Crippen LogP contribution in [0.5, 0.6) is 11.5 Å². The summed E-state index contributed by atoms with van der Waals surface area (Å²) in [4.78, 5) is 46.9. The molecule has 0 bridgehead atoms. The standard InChI is InChI=1S/C24H31NO5.C23H26F3NO5/c1-4-18-6-8-19(9-7-18)14-15-25-23(26)17(3)30-21-12-10-20(11-13-21)16-22(24(27)28)29-5-2;1-3-31-20(22(29)30)14-17-6-10-19(11-7-17)32-15(2)21(28)27-13-12-16-4-8-18(9-5-16)23(24,25)26/h6-13,17,22H,4-5,14-16H2,1-3H3,(H,25,26)(H,27,28);4-11,15,20H,3,12-14H2,1-2H3,(H,27,28)(H,29,30)/t17-,22+;/m1./s1. The molecule has 0 fully saturated rings. The Morgan fingerprint density at radius 1 is 0.548 bits per heavy atom. The van der Waals surface area contributed by atoms with Crippen LogP contribution < -0.4 is 20.1 Å². The topological polar surface area (TPSA) is 170 Å². The smallest absolute Gasteiger partial charge is 0.416 e. The molecule has 4 aromatic carbocycles. The van der Waals surface area contributed by atoms with Gasteiger partial charge in [0.2, 0.25) is 0 Å². The third-order valence-electron chi connectivity index (χ3n) is 9.48. The number of aryl methyl sites for hydroxylation is 1. The molecule has 336 valence electrons. The van der Waals surface area contributed by atoms with E-state index in [1.54, 1.807) is 76.2 Å². The number of carboxylic acid groups (broad SMARTS) is 2. The van der Waals surface area contributed by atoms with Crippen LogP contribution in [-0.2, 0) is 66.9 Å². The molecule has 62 heavy (non-hydrogen) atoms. The average molecular weight is 867 g/mol. The van der Waals surface area contributed by atoms with E-state index in [4.69, 9.17) is 24.1 Å². The second-order valence-electron chi connectivity index (χ2n) is 14.2. The van der Waals surface area contributed by atoms with Gasteiger partial charge in [-0.3, -0.25) is 9.59 Å². The summed E-state index contributed by atoms with van der Waals surface area (Å²) in [5.41, 5.74) is 4.03. The first-order chi connectivity index (χ1) is 29.5. The Kier molecular flexibility index (Phi) is 20.9. The van der Waals surface area contributed by atoms with Gasteiger partial charge < -0.3 is 39.8 Å². The average Bonchev–Trinajstić information content (AvgIpc) is 3.24. The largest absolute Gasteiger partial charge is 0.481 e. The lowest BCUT2D eigenvalue weighted by Crippen LogP contribution is -2.37. The molecule has 4 aromatic rings. The summed E-state index contributed by atoms with van der Waals surface area (Å²) in [5, 5.41) is 23.9. The maximum atomic E-state index is 12.6. The van der Waals surface area contributed by atoms with Crippen molar-refractivity contribution in [3.8, 4) is 11.5 Å². The number of aliphatic carboxylic acids is 2. The molecule has 2 amide bonds. The number of nitrogens with one attached hydrogen (secondary N) is 2. The number of carboxylic acids is 2. The highest BCUT2D eigenvalue weighted by molar-refractivity contribution is 5.81. The maximum absolute atomic E-state index is 12.6. The fourth-order valence-electron chi connectivity index (χ4n) is 5.94. The van der Waals surface area contributed by atoms with Crippen molar-refractivity contribution in [2.24, 2.45) is 0 Å². The molecule has 4 rings (SSSR count). The van der Waals surface area contributed by atoms with Gasteiger partial charge in [-0.2, -0.15) is 13.2 Å². The van der Waals surface area contributed by atoms with E-state index in [0.29, 0.717) is 43.2 Å². The highest BCUT2D eigenvalue weighted by Gasteiger charge is 2.30. The minimum Gasteiger partial charge on any atom is -0.481 e. The Labute approximate surface area is 360 Å². The summed E-state index contributed by atoms with van der Waals surface area (Å²) in [7, 11) is 0. The highest BCUT2D eigenvalue weighted by Crippen LogP contribution is 2.29. The van der Waals surface area contributed by atoms with E-state index in [-0.39, 0.29) is 31.2 Å². The third kappa shape index (κ3) is 18.0. The molecule has 0 aliphatic carbocycles. The number of hydrogen-bond acceptors (Lipinski definition) is 8. The lowest BCUT2D eigenvalue weighted by atomic mass is 10.1. The molecule has 0 saturated carbocycles.